The molecule has 6 aromatic rings. The highest BCUT2D eigenvalue weighted by Gasteiger charge is 2.47. The number of H-pyrrole nitrogens is 2. The van der Waals surface area contributed by atoms with Gasteiger partial charge in [0.2, 0.25) is 0 Å². The van der Waals surface area contributed by atoms with E-state index < -0.39 is 156 Å². The molecule has 10 rings (SSSR count). The molecule has 0 amide bonds. The average molecular weight is 1430 g/mol. The number of anilines is 2. The van der Waals surface area contributed by atoms with Crippen molar-refractivity contribution < 1.29 is 88.7 Å². The number of nitrogens with two attached hydrogens (primary N) is 2. The summed E-state index contributed by atoms with van der Waals surface area (Å²) in [6.07, 6.45) is -7.59. The van der Waals surface area contributed by atoms with Gasteiger partial charge in [0, 0.05) is 56.3 Å². The lowest BCUT2D eigenvalue weighted by molar-refractivity contribution is -0.0550. The van der Waals surface area contributed by atoms with Crippen LogP contribution >= 0.6 is 33.7 Å². The Bertz CT molecular complexity index is 4100. The Morgan fingerprint density at radius 3 is 1.30 bits per heavy atom. The maximum absolute atomic E-state index is 14.3. The second-order valence-electron chi connectivity index (χ2n) is 19.9. The van der Waals surface area contributed by atoms with Gasteiger partial charge in [0.05, 0.1) is 63.5 Å². The van der Waals surface area contributed by atoms with Gasteiger partial charge in [-0.15, -0.1) is 0 Å². The van der Waals surface area contributed by atoms with Crippen LogP contribution in [-0.4, -0.2) is 165 Å². The molecule has 482 valence electrons. The molecule has 0 bridgehead atoms. The third-order valence-corrected chi connectivity index (χ3v) is 21.2. The van der Waals surface area contributed by atoms with Gasteiger partial charge in [-0.05, 0) is 61.1 Å². The third kappa shape index (κ3) is 15.9. The van der Waals surface area contributed by atoms with Crippen LogP contribution in [0.5, 0.6) is 0 Å². The predicted octanol–water partition coefficient (Wildman–Crippen LogP) is 0.466. The normalized spacial score (nSPS) is 28.7. The molecule has 11 N–H and O–H groups in total. The van der Waals surface area contributed by atoms with Gasteiger partial charge in [-0.3, -0.25) is 42.4 Å². The zero-order valence-corrected chi connectivity index (χ0v) is 54.1. The van der Waals surface area contributed by atoms with Crippen LogP contribution in [0.2, 0.25) is 0 Å². The first-order chi connectivity index (χ1) is 41.3. The quantitative estimate of drug-likeness (QED) is 0.0278. The predicted molar refractivity (Wildman–Crippen MR) is 319 cm³/mol. The van der Waals surface area contributed by atoms with E-state index in [1.165, 1.54) is 60.7 Å². The second kappa shape index (κ2) is 26.9. The third-order valence-electron chi connectivity index (χ3n) is 13.9. The Labute approximate surface area is 519 Å². The monoisotopic (exact) mass is 1430 g/mol. The lowest BCUT2D eigenvalue weighted by atomic mass is 10.2. The van der Waals surface area contributed by atoms with Crippen molar-refractivity contribution in [1.29, 1.82) is 0 Å². The summed E-state index contributed by atoms with van der Waals surface area (Å²) in [5.74, 6) is 0.167. The summed E-state index contributed by atoms with van der Waals surface area (Å²) < 4.78 is 95.2. The Morgan fingerprint density at radius 1 is 0.557 bits per heavy atom. The van der Waals surface area contributed by atoms with E-state index in [1.54, 1.807) is 0 Å². The molecule has 0 spiro atoms. The highest BCUT2D eigenvalue weighted by Crippen LogP contribution is 2.55. The molecule has 88 heavy (non-hydrogen) atoms. The summed E-state index contributed by atoms with van der Waals surface area (Å²) in [4.78, 5) is 134. The number of nitrogens with one attached hydrogen (secondary N) is 2. The van der Waals surface area contributed by atoms with Crippen molar-refractivity contribution in [1.82, 2.24) is 58.1 Å². The van der Waals surface area contributed by atoms with Crippen molar-refractivity contribution in [2.75, 3.05) is 45.0 Å². The lowest BCUT2D eigenvalue weighted by Crippen LogP contribution is -2.33. The van der Waals surface area contributed by atoms with Crippen molar-refractivity contribution >= 4 is 127 Å². The van der Waals surface area contributed by atoms with Gasteiger partial charge in [0.25, 0.3) is 11.1 Å². The van der Waals surface area contributed by atoms with E-state index in [0.717, 1.165) is 16.2 Å². The van der Waals surface area contributed by atoms with Gasteiger partial charge < -0.3 is 108 Å². The summed E-state index contributed by atoms with van der Waals surface area (Å²) in [6, 6.07) is 0. The topological polar surface area (TPSA) is 487 Å². The van der Waals surface area contributed by atoms with Gasteiger partial charge in [0.15, 0.2) is 29.7 Å². The fourth-order valence-corrected chi connectivity index (χ4v) is 15.7. The first-order valence-corrected chi connectivity index (χ1v) is 38.6. The Hall–Kier alpha value is -3.48. The number of hydrogen-bond donors (Lipinski definition) is 9. The molecule has 0 saturated carbocycles. The van der Waals surface area contributed by atoms with E-state index in [4.69, 9.17) is 119 Å². The standard InChI is InChI=1S/C41H55N14O23P5S5/c1-18-8-52(40(58)50-38(18)56)28-4-21(76-81(63,86)68-11-25-20(75-80(62,85)66-3)6-30(74-25)54-16-48-32-34(42)44-14-46-36(32)54)26(71-28)12-69-82(64,87)77-22-5-29(53-9-19(2)39(57)51-41(53)59)72-27(22)13-70-83(65,88)78-23-7-31(73-24(23)10-67-79(60,61)84)55-17-49-33-35(43)45-15-47-37(33)55/h8-9,14-17,20-31H,4-7,10-13H2,1-3H3,(H,62,85)(H,63,86)(H,64,87)(H,65,88)(H2,42,44,46)(H2,43,45,47)(H,50,56,58)(H,51,57,59)(H2,60,61,84)/p-1/t20-,21-,22-,23-,24-,25-,26-,27-,28-,29-,30-,31-,80?,81?,82?,83?/m1/s1. The minimum atomic E-state index is -4.68. The maximum Gasteiger partial charge on any atom is 0.330 e. The summed E-state index contributed by atoms with van der Waals surface area (Å²) >= 11 is 26.1. The molecular weight excluding hydrogens is 1370 g/mol. The van der Waals surface area contributed by atoms with Crippen LogP contribution in [0.4, 0.5) is 11.6 Å². The highest BCUT2D eigenvalue weighted by molar-refractivity contribution is 8.32. The van der Waals surface area contributed by atoms with Crippen molar-refractivity contribution in [3.05, 3.63) is 90.5 Å². The van der Waals surface area contributed by atoms with Gasteiger partial charge in [-0.25, -0.2) is 39.5 Å². The molecule has 47 heteroatoms. The van der Waals surface area contributed by atoms with E-state index in [1.807, 2.05) is 0 Å². The van der Waals surface area contributed by atoms with E-state index >= 15 is 0 Å². The first-order valence-electron chi connectivity index (χ1n) is 25.7. The summed E-state index contributed by atoms with van der Waals surface area (Å²) in [5.41, 5.74) is 10.1. The van der Waals surface area contributed by atoms with Crippen LogP contribution in [0.1, 0.15) is 61.7 Å². The molecule has 10 heterocycles. The summed E-state index contributed by atoms with van der Waals surface area (Å²) in [7, 11) is 1.15. The van der Waals surface area contributed by atoms with E-state index in [9.17, 15) is 48.2 Å². The zero-order valence-electron chi connectivity index (χ0n) is 45.5. The van der Waals surface area contributed by atoms with Gasteiger partial charge >= 0.3 is 38.3 Å². The van der Waals surface area contributed by atoms with Crippen LogP contribution in [0.3, 0.4) is 0 Å². The van der Waals surface area contributed by atoms with Crippen molar-refractivity contribution in [3.8, 4) is 0 Å². The molecule has 0 aromatic carbocycles. The largest absolute Gasteiger partial charge is 0.660 e. The molecule has 0 radical (unpaired) electrons. The van der Waals surface area contributed by atoms with Crippen molar-refractivity contribution in [2.24, 2.45) is 0 Å². The molecule has 37 nitrogen and oxygen atoms in total. The van der Waals surface area contributed by atoms with Crippen molar-refractivity contribution in [2.45, 2.75) is 113 Å². The molecule has 0 aliphatic carbocycles. The van der Waals surface area contributed by atoms with Gasteiger partial charge in [0.1, 0.15) is 73.0 Å². The molecule has 16 atom stereocenters. The number of aromatic amines is 2. The first kappa shape index (κ1) is 67.4. The number of rotatable bonds is 25. The average Bonchev–Trinajstić information content (AvgIpc) is 1.78. The fraction of sp³-hybridized carbons (Fsp3) is 0.561. The van der Waals surface area contributed by atoms with E-state index in [0.29, 0.717) is 0 Å². The Kier molecular flexibility index (Phi) is 20.6. The summed E-state index contributed by atoms with van der Waals surface area (Å²) in [5, 5.41) is 0. The number of aryl methyl sites for hydroxylation is 2. The fourth-order valence-electron chi connectivity index (χ4n) is 9.77. The number of hydrogen-bond acceptors (Lipinski definition) is 31. The summed E-state index contributed by atoms with van der Waals surface area (Å²) in [6.45, 7) is -21.5. The minimum Gasteiger partial charge on any atom is -0.660 e. The zero-order chi connectivity index (χ0) is 63.4. The van der Waals surface area contributed by atoms with E-state index in [2.05, 4.69) is 51.7 Å². The number of fused-ring (bicyclic) bond motifs is 2. The Morgan fingerprint density at radius 2 is 0.909 bits per heavy atom. The van der Waals surface area contributed by atoms with Crippen LogP contribution < -0.4 is 34.0 Å². The number of nitrogen functional groups attached to an aromatic ring is 2. The molecule has 4 saturated heterocycles. The number of imidazole rings is 2. The van der Waals surface area contributed by atoms with E-state index in [-0.39, 0.29) is 70.8 Å². The SMILES string of the molecule is COP(O)(=S)O[C@@H]1C[C@H](n2cnc3c(N)ncnc32)O[C@@H]1COP(=O)([S-])O[C@@H]1C[C@H](n2cc(C)c(=O)[nH]c2=O)O[C@@H]1COP(O)(=S)O[C@@H]1C[C@H](n2cc(C)c(=O)[nH]c2=O)O[C@@H]1COP(O)(=S)O[C@@H]1C[C@H](n2cnc3c(N)ncnc32)O[C@@H]1COP(O)(O)=S. The minimum absolute atomic E-state index is 0.00232. The second-order valence-corrected chi connectivity index (χ2v) is 33.7. The number of ether oxygens (including phenoxy) is 4. The molecule has 4 aliphatic heterocycles. The lowest BCUT2D eigenvalue weighted by Gasteiger charge is -2.31. The molecule has 4 fully saturated rings. The smallest absolute Gasteiger partial charge is 0.330 e. The Balaban J connectivity index is 0.847. The van der Waals surface area contributed by atoms with Crippen molar-refractivity contribution in [3.63, 3.8) is 0 Å². The molecule has 4 unspecified atom stereocenters. The van der Waals surface area contributed by atoms with Crippen LogP contribution in [0.25, 0.3) is 22.3 Å². The molecular formula is C41H54N14O23P5S5-. The molecule has 6 aromatic heterocycles. The van der Waals surface area contributed by atoms with Crippen LogP contribution in [0, 0.1) is 13.8 Å². The maximum atomic E-state index is 14.3. The van der Waals surface area contributed by atoms with Gasteiger partial charge in [-0.2, -0.15) is 0 Å². The number of nitrogens with zero attached hydrogens (tertiary/aromatic N) is 10. The molecule has 4 aliphatic rings. The highest BCUT2D eigenvalue weighted by atomic mass is 32.7. The van der Waals surface area contributed by atoms with Crippen LogP contribution in [-0.2, 0) is 124 Å². The van der Waals surface area contributed by atoms with Gasteiger partial charge in [-0.1, -0.05) is 0 Å². The van der Waals surface area contributed by atoms with Crippen LogP contribution in [0.15, 0.2) is 56.9 Å². The number of aromatic nitrogens is 12.